The molecule has 0 spiro atoms. The predicted octanol–water partition coefficient (Wildman–Crippen LogP) is 4.37. The molecule has 4 heteroatoms. The van der Waals surface area contributed by atoms with E-state index in [4.69, 9.17) is 33.7 Å². The van der Waals surface area contributed by atoms with E-state index in [1.165, 1.54) is 0 Å². The molecule has 0 aliphatic heterocycles. The van der Waals surface area contributed by atoms with Gasteiger partial charge >= 0.3 is 0 Å². The lowest BCUT2D eigenvalue weighted by Gasteiger charge is -2.08. The molecule has 2 nitrogen and oxygen atoms in total. The summed E-state index contributed by atoms with van der Waals surface area (Å²) in [5.41, 5.74) is 6.26. The lowest BCUT2D eigenvalue weighted by molar-refractivity contribution is 0.483. The Morgan fingerprint density at radius 3 is 2.31 bits per heavy atom. The first-order chi connectivity index (χ1) is 7.66. The Balaban J connectivity index is 2.27. The molecule has 0 heterocycles. The molecule has 82 valence electrons. The van der Waals surface area contributed by atoms with Gasteiger partial charge in [0.1, 0.15) is 16.5 Å². The van der Waals surface area contributed by atoms with Crippen LogP contribution in [0.4, 0.5) is 5.69 Å². The van der Waals surface area contributed by atoms with Gasteiger partial charge in [-0.1, -0.05) is 29.3 Å². The fourth-order valence-electron chi connectivity index (χ4n) is 1.23. The Bertz CT molecular complexity index is 497. The van der Waals surface area contributed by atoms with E-state index in [0.717, 1.165) is 0 Å². The van der Waals surface area contributed by atoms with Crippen molar-refractivity contribution in [2.75, 3.05) is 5.73 Å². The number of benzene rings is 2. The molecular weight excluding hydrogens is 245 g/mol. The van der Waals surface area contributed by atoms with Gasteiger partial charge in [-0.05, 0) is 36.4 Å². The minimum absolute atomic E-state index is 0.404. The second kappa shape index (κ2) is 4.64. The van der Waals surface area contributed by atoms with E-state index in [1.54, 1.807) is 42.5 Å². The number of hydrogen-bond acceptors (Lipinski definition) is 2. The van der Waals surface area contributed by atoms with Crippen molar-refractivity contribution in [2.24, 2.45) is 0 Å². The van der Waals surface area contributed by atoms with Crippen LogP contribution in [0.15, 0.2) is 42.5 Å². The Hall–Kier alpha value is -1.38. The Morgan fingerprint density at radius 1 is 0.938 bits per heavy atom. The molecule has 0 bridgehead atoms. The minimum atomic E-state index is 0.404. The zero-order valence-electron chi connectivity index (χ0n) is 8.28. The van der Waals surface area contributed by atoms with Crippen LogP contribution in [0.3, 0.4) is 0 Å². The normalized spacial score (nSPS) is 10.1. The van der Waals surface area contributed by atoms with Crippen molar-refractivity contribution in [3.63, 3.8) is 0 Å². The highest BCUT2D eigenvalue weighted by Crippen LogP contribution is 2.34. The molecule has 0 saturated heterocycles. The van der Waals surface area contributed by atoms with Crippen molar-refractivity contribution in [1.29, 1.82) is 0 Å². The van der Waals surface area contributed by atoms with Crippen molar-refractivity contribution in [1.82, 2.24) is 0 Å². The number of rotatable bonds is 2. The topological polar surface area (TPSA) is 35.2 Å². The maximum atomic E-state index is 5.99. The highest BCUT2D eigenvalue weighted by Gasteiger charge is 2.06. The largest absolute Gasteiger partial charge is 0.456 e. The van der Waals surface area contributed by atoms with Crippen LogP contribution < -0.4 is 10.5 Å². The standard InChI is InChI=1S/C12H9Cl2NO/c13-10-2-1-3-11(12(10)14)16-9-6-4-8(15)5-7-9/h1-7H,15H2. The summed E-state index contributed by atoms with van der Waals surface area (Å²) in [4.78, 5) is 0. The van der Waals surface area contributed by atoms with Crippen molar-refractivity contribution >= 4 is 28.9 Å². The average molecular weight is 254 g/mol. The summed E-state index contributed by atoms with van der Waals surface area (Å²) in [6.45, 7) is 0. The molecule has 0 aromatic heterocycles. The molecule has 0 saturated carbocycles. The van der Waals surface area contributed by atoms with Crippen LogP contribution in [0.5, 0.6) is 11.5 Å². The highest BCUT2D eigenvalue weighted by atomic mass is 35.5. The summed E-state index contributed by atoms with van der Waals surface area (Å²) in [5.74, 6) is 1.19. The van der Waals surface area contributed by atoms with E-state index in [1.807, 2.05) is 0 Å². The fourth-order valence-corrected chi connectivity index (χ4v) is 1.56. The molecule has 0 fully saturated rings. The first-order valence-corrected chi connectivity index (χ1v) is 5.40. The summed E-state index contributed by atoms with van der Waals surface area (Å²) in [7, 11) is 0. The summed E-state index contributed by atoms with van der Waals surface area (Å²) < 4.78 is 5.57. The van der Waals surface area contributed by atoms with E-state index >= 15 is 0 Å². The number of halogens is 2. The van der Waals surface area contributed by atoms with Crippen LogP contribution in [0.1, 0.15) is 0 Å². The quantitative estimate of drug-likeness (QED) is 0.807. The lowest BCUT2D eigenvalue weighted by Crippen LogP contribution is -1.87. The highest BCUT2D eigenvalue weighted by molar-refractivity contribution is 6.42. The van der Waals surface area contributed by atoms with Crippen molar-refractivity contribution in [2.45, 2.75) is 0 Å². The first kappa shape index (κ1) is 11.1. The number of nitrogen functional groups attached to an aromatic ring is 1. The van der Waals surface area contributed by atoms with Gasteiger partial charge in [0.05, 0.1) is 5.02 Å². The summed E-state index contributed by atoms with van der Waals surface area (Å²) in [6.07, 6.45) is 0. The molecule has 0 aliphatic carbocycles. The molecule has 16 heavy (non-hydrogen) atoms. The van der Waals surface area contributed by atoms with Crippen LogP contribution in [-0.4, -0.2) is 0 Å². The van der Waals surface area contributed by atoms with Gasteiger partial charge in [-0.25, -0.2) is 0 Å². The van der Waals surface area contributed by atoms with Gasteiger partial charge in [-0.2, -0.15) is 0 Å². The van der Waals surface area contributed by atoms with E-state index in [-0.39, 0.29) is 0 Å². The summed E-state index contributed by atoms with van der Waals surface area (Å²) >= 11 is 11.9. The number of hydrogen-bond donors (Lipinski definition) is 1. The van der Waals surface area contributed by atoms with Gasteiger partial charge in [0.15, 0.2) is 0 Å². The molecule has 2 N–H and O–H groups in total. The third-order valence-electron chi connectivity index (χ3n) is 2.02. The van der Waals surface area contributed by atoms with Crippen LogP contribution in [0, 0.1) is 0 Å². The molecule has 2 aromatic rings. The van der Waals surface area contributed by atoms with Crippen molar-refractivity contribution in [3.05, 3.63) is 52.5 Å². The fraction of sp³-hybridized carbons (Fsp3) is 0. The predicted molar refractivity (Wildman–Crippen MR) is 67.4 cm³/mol. The van der Waals surface area contributed by atoms with Gasteiger partial charge in [0, 0.05) is 5.69 Å². The van der Waals surface area contributed by atoms with Gasteiger partial charge in [-0.3, -0.25) is 0 Å². The van der Waals surface area contributed by atoms with Gasteiger partial charge in [0.2, 0.25) is 0 Å². The molecule has 0 unspecified atom stereocenters. The second-order valence-electron chi connectivity index (χ2n) is 3.22. The average Bonchev–Trinajstić information content (AvgIpc) is 2.28. The van der Waals surface area contributed by atoms with E-state index < -0.39 is 0 Å². The van der Waals surface area contributed by atoms with Crippen LogP contribution in [-0.2, 0) is 0 Å². The third kappa shape index (κ3) is 2.40. The molecule has 2 aromatic carbocycles. The van der Waals surface area contributed by atoms with Crippen LogP contribution in [0.2, 0.25) is 10.0 Å². The zero-order valence-corrected chi connectivity index (χ0v) is 9.79. The van der Waals surface area contributed by atoms with Crippen molar-refractivity contribution < 1.29 is 4.74 Å². The molecule has 2 rings (SSSR count). The Morgan fingerprint density at radius 2 is 1.62 bits per heavy atom. The maximum Gasteiger partial charge on any atom is 0.147 e. The molecule has 0 atom stereocenters. The third-order valence-corrected chi connectivity index (χ3v) is 2.83. The molecule has 0 aliphatic rings. The van der Waals surface area contributed by atoms with Crippen molar-refractivity contribution in [3.8, 4) is 11.5 Å². The van der Waals surface area contributed by atoms with Gasteiger partial charge in [-0.15, -0.1) is 0 Å². The monoisotopic (exact) mass is 253 g/mol. The first-order valence-electron chi connectivity index (χ1n) is 4.64. The van der Waals surface area contributed by atoms with E-state index in [2.05, 4.69) is 0 Å². The minimum Gasteiger partial charge on any atom is -0.456 e. The zero-order chi connectivity index (χ0) is 11.5. The van der Waals surface area contributed by atoms with Crippen LogP contribution in [0.25, 0.3) is 0 Å². The SMILES string of the molecule is Nc1ccc(Oc2cccc(Cl)c2Cl)cc1. The molecule has 0 amide bonds. The number of ether oxygens (including phenoxy) is 1. The van der Waals surface area contributed by atoms with E-state index in [0.29, 0.717) is 27.2 Å². The van der Waals surface area contributed by atoms with E-state index in [9.17, 15) is 0 Å². The maximum absolute atomic E-state index is 5.99. The van der Waals surface area contributed by atoms with Gasteiger partial charge in [0.25, 0.3) is 0 Å². The summed E-state index contributed by atoms with van der Waals surface area (Å²) in [5, 5.41) is 0.871. The Labute approximate surface area is 104 Å². The summed E-state index contributed by atoms with van der Waals surface area (Å²) in [6, 6.07) is 12.3. The number of anilines is 1. The van der Waals surface area contributed by atoms with Crippen LogP contribution >= 0.6 is 23.2 Å². The van der Waals surface area contributed by atoms with Gasteiger partial charge < -0.3 is 10.5 Å². The Kier molecular flexibility index (Phi) is 3.22. The molecule has 0 radical (unpaired) electrons. The smallest absolute Gasteiger partial charge is 0.147 e. The lowest BCUT2D eigenvalue weighted by atomic mass is 10.3. The second-order valence-corrected chi connectivity index (χ2v) is 4.01. The number of nitrogens with two attached hydrogens (primary N) is 1. The molecular formula is C12H9Cl2NO.